The summed E-state index contributed by atoms with van der Waals surface area (Å²) in [4.78, 5) is 24.7. The van der Waals surface area contributed by atoms with E-state index < -0.39 is 57.9 Å². The Balaban J connectivity index is 0.000000258. The van der Waals surface area contributed by atoms with Crippen LogP contribution in [-0.2, 0) is 71.2 Å². The van der Waals surface area contributed by atoms with Gasteiger partial charge in [0.2, 0.25) is 0 Å². The van der Waals surface area contributed by atoms with Crippen LogP contribution in [0.1, 0.15) is 178 Å². The largest absolute Gasteiger partial charge is 0.549 e. The number of ether oxygens (including phenoxy) is 3. The van der Waals surface area contributed by atoms with E-state index in [9.17, 15) is 4.80 Å². The fourth-order valence-electron chi connectivity index (χ4n) is 14.1. The van der Waals surface area contributed by atoms with Crippen molar-refractivity contribution < 1.29 is 77.3 Å². The molecule has 0 spiro atoms. The van der Waals surface area contributed by atoms with Crippen LogP contribution in [0.15, 0.2) is 187 Å². The Kier molecular flexibility index (Phi) is 43.7. The number of allylic oxidation sites excluding steroid dienone is 2. The summed E-state index contributed by atoms with van der Waals surface area (Å²) >= 11 is -3.44. The van der Waals surface area contributed by atoms with Gasteiger partial charge in [-0.05, 0) is 100 Å². The molecule has 13 nitrogen and oxygen atoms in total. The number of hydrogen-bond acceptors (Lipinski definition) is 12. The van der Waals surface area contributed by atoms with Crippen LogP contribution in [0.2, 0.25) is 12.1 Å². The van der Waals surface area contributed by atoms with Crippen molar-refractivity contribution in [3.8, 4) is 17.2 Å². The monoisotopic (exact) mass is 2030 g/mol. The summed E-state index contributed by atoms with van der Waals surface area (Å²) in [5.74, 6) is 5.03. The van der Waals surface area contributed by atoms with Gasteiger partial charge in [-0.15, -0.1) is 0 Å². The third-order valence-corrected chi connectivity index (χ3v) is 31.7. The van der Waals surface area contributed by atoms with Gasteiger partial charge in [-0.1, -0.05) is 68.4 Å². The van der Waals surface area contributed by atoms with Crippen LogP contribution < -0.4 is 29.2 Å². The van der Waals surface area contributed by atoms with Crippen LogP contribution in [0, 0.1) is 60.8 Å². The van der Waals surface area contributed by atoms with Gasteiger partial charge in [0, 0.05) is 28.1 Å². The van der Waals surface area contributed by atoms with Gasteiger partial charge < -0.3 is 14.7 Å². The molecule has 1 unspecified atom stereocenters. The Morgan fingerprint density at radius 1 is 0.556 bits per heavy atom. The van der Waals surface area contributed by atoms with E-state index in [2.05, 4.69) is 253 Å². The fraction of sp³-hybridized carbons (Fsp3) is 0.391. The predicted octanol–water partition coefficient (Wildman–Crippen LogP) is 25.5. The molecule has 0 aliphatic carbocycles. The van der Waals surface area contributed by atoms with E-state index >= 15 is 0 Å². The van der Waals surface area contributed by atoms with Crippen molar-refractivity contribution in [1.82, 2.24) is 0 Å². The second-order valence-electron chi connectivity index (χ2n) is 30.7. The first-order valence-electron chi connectivity index (χ1n) is 39.3. The number of halogens is 6. The standard InChI is InChI=1S/C28H44N2O3Si.C19H23N2.C15H20NS.3C10H12O.6ClH.O2Si.3Ru/c1-10-34(31,32-8,33-9)13-11-12-26-18-29(27-22(4)14-20(2)15-23(27)5)19-30(26)28-24(6)16-21(3)17-25(28)7;1-18(2)19(3,4)21(17-13-9-6-10-14-17)15-20(18)16-11-7-5-8-12-16;1-5-13-8-7-9-14(6-2)15(13)16-10-17-12(4)11(16)3;3*1-8(2)11-10-7-5-4-6-9(10)3;;;;;;;1-3-2;;;/h14-17,19,26,31H,10-13,18H2,1-9H3;5-15H,1-4H3;7-10H,5-6H2,1-4H3;3*3-8H,1-2H3;6*1H;;;;/q-2;2*-1;;;;;;;;;;;3*+2/p-4. The zero-order chi connectivity index (χ0) is 87.1. The fourth-order valence-corrected chi connectivity index (χ4v) is 22.8. The average Bonchev–Trinajstić information content (AvgIpc) is 1.58. The van der Waals surface area contributed by atoms with E-state index in [4.69, 9.17) is 80.7 Å². The number of hydrogen-bond donors (Lipinski definition) is 1. The Bertz CT molecular complexity index is 4340. The molecule has 25 heteroatoms. The maximum atomic E-state index is 11.3. The van der Waals surface area contributed by atoms with E-state index in [-0.39, 0.29) is 29.4 Å². The van der Waals surface area contributed by atoms with Crippen molar-refractivity contribution in [1.29, 1.82) is 0 Å². The van der Waals surface area contributed by atoms with Crippen molar-refractivity contribution in [2.24, 2.45) is 0 Å². The number of para-hydroxylation sites is 6. The normalized spacial score (nSPS) is 15.2. The first-order valence-corrected chi connectivity index (χ1v) is 60.1. The minimum atomic E-state index is -3.83. The number of benzene rings is 8. The van der Waals surface area contributed by atoms with Crippen LogP contribution in [0.5, 0.6) is 17.2 Å². The molecular weight excluding hydrogens is 1910 g/mol. The number of thioether (sulfide) groups is 1. The molecule has 3 aliphatic heterocycles. The molecule has 0 amide bonds. The maximum absolute atomic E-state index is 11.3. The molecule has 8 aromatic rings. The van der Waals surface area contributed by atoms with Gasteiger partial charge in [0.05, 0.1) is 0 Å². The second kappa shape index (κ2) is 49.6. The first-order chi connectivity index (χ1) is 55.3. The SMILES string of the molecule is CC(C)Oc1ccccc1[CH]=[Ru]([Cl])[Cl].CC(C)[OH+]c1ccccc1[CH]=[Ru]([Cl])[Cl].CC(C)[OH+]c1ccccc1[CH]=[Ru]([Cl])[Cl].CC1(C)N(c2ccccc2)[CH-]N(c2ccccc2)C1(C)C.CC[Si-](O)(CCCC1CN(c2c(C)cc(C)cc2C)[CH-]N1c1c(C)cc(C)cc1C)(OC)OC.CCc1cccc(CC)c1N1[CH-]SC(C)=C1C.O=[Si]=O. The Morgan fingerprint density at radius 3 is 1.32 bits per heavy atom. The molecule has 117 heavy (non-hydrogen) atoms. The quantitative estimate of drug-likeness (QED) is 0.0372. The van der Waals surface area contributed by atoms with Gasteiger partial charge in [-0.2, -0.15) is 12.5 Å². The molecule has 3 aliphatic rings. The van der Waals surface area contributed by atoms with Crippen LogP contribution in [-0.4, -0.2) is 102 Å². The van der Waals surface area contributed by atoms with E-state index in [0.29, 0.717) is 18.1 Å². The summed E-state index contributed by atoms with van der Waals surface area (Å²) in [5, 5.41) is 0. The molecule has 1 atom stereocenters. The van der Waals surface area contributed by atoms with Crippen molar-refractivity contribution in [2.75, 3.05) is 45.3 Å². The molecule has 648 valence electrons. The maximum Gasteiger partial charge on any atom is 0.549 e. The van der Waals surface area contributed by atoms with Crippen LogP contribution in [0.3, 0.4) is 0 Å². The Morgan fingerprint density at radius 2 is 0.949 bits per heavy atom. The summed E-state index contributed by atoms with van der Waals surface area (Å²) in [6.07, 6.45) is 4.70. The number of nitrogens with zero attached hydrogens (tertiary/aromatic N) is 5. The number of anilines is 5. The predicted molar refractivity (Wildman–Crippen MR) is 500 cm³/mol. The molecule has 3 heterocycles. The molecule has 0 saturated carbocycles. The molecule has 2 saturated heterocycles. The van der Waals surface area contributed by atoms with Crippen molar-refractivity contribution >= 4 is 130 Å². The smallest absolute Gasteiger partial charge is 0.487 e. The van der Waals surface area contributed by atoms with Gasteiger partial charge in [0.15, 0.2) is 0 Å². The van der Waals surface area contributed by atoms with Crippen molar-refractivity contribution in [2.45, 2.75) is 219 Å². The number of aromatic hydroxyl groups is 2. The average molecular weight is 2030 g/mol. The zero-order valence-electron chi connectivity index (χ0n) is 72.3. The van der Waals surface area contributed by atoms with Crippen molar-refractivity contribution in [3.63, 3.8) is 0 Å². The Labute approximate surface area is 747 Å². The summed E-state index contributed by atoms with van der Waals surface area (Å²) in [6.45, 7) is 50.8. The van der Waals surface area contributed by atoms with E-state index in [1.807, 2.05) is 147 Å². The molecule has 8 aromatic carbocycles. The van der Waals surface area contributed by atoms with Crippen LogP contribution in [0.25, 0.3) is 0 Å². The van der Waals surface area contributed by atoms with Gasteiger partial charge in [-0.3, -0.25) is 20.7 Å². The zero-order valence-corrected chi connectivity index (χ0v) is 84.9. The third-order valence-electron chi connectivity index (χ3n) is 20.6. The summed E-state index contributed by atoms with van der Waals surface area (Å²) in [5.41, 5.74) is 21.5. The summed E-state index contributed by atoms with van der Waals surface area (Å²) in [6, 6.07) is 61.9. The van der Waals surface area contributed by atoms with E-state index in [1.165, 1.54) is 83.5 Å². The van der Waals surface area contributed by atoms with Gasteiger partial charge in [-0.25, -0.2) is 0 Å². The summed E-state index contributed by atoms with van der Waals surface area (Å²) in [7, 11) is 32.9. The molecule has 0 bridgehead atoms. The Hall–Kier alpha value is -4.62. The van der Waals surface area contributed by atoms with Crippen LogP contribution in [0.4, 0.5) is 28.4 Å². The van der Waals surface area contributed by atoms with Gasteiger partial charge in [0.25, 0.3) is 0 Å². The second-order valence-corrected chi connectivity index (χ2v) is 53.9. The van der Waals surface area contributed by atoms with Crippen molar-refractivity contribution in [3.05, 3.63) is 267 Å². The molecule has 0 aromatic heterocycles. The molecule has 0 radical (unpaired) electrons. The minimum Gasteiger partial charge on any atom is -0.487 e. The topological polar surface area (TPSA) is 124 Å². The van der Waals surface area contributed by atoms with E-state index in [0.717, 1.165) is 66.2 Å². The number of rotatable bonds is 23. The van der Waals surface area contributed by atoms with Gasteiger partial charge in [0.1, 0.15) is 0 Å². The minimum absolute atomic E-state index is 0.00973. The third kappa shape index (κ3) is 30.7. The van der Waals surface area contributed by atoms with Gasteiger partial charge >= 0.3 is 510 Å². The molecule has 2 fully saturated rings. The first kappa shape index (κ1) is 103. The van der Waals surface area contributed by atoms with E-state index in [1.54, 1.807) is 14.2 Å². The molecular formula is C92H125Cl6N5O8Ru3SSi2-2. The number of aryl methyl sites for hydroxylation is 8. The molecule has 11 rings (SSSR count). The molecule has 3 N–H and O–H groups in total. The summed E-state index contributed by atoms with van der Waals surface area (Å²) < 4.78 is 48.4. The van der Waals surface area contributed by atoms with Crippen LogP contribution >= 0.6 is 69.9 Å². The number of aliphatic hydroxyl groups is 2.